The molecule has 3 rings (SSSR count). The molecule has 2 heterocycles. The van der Waals surface area contributed by atoms with Gasteiger partial charge in [-0.15, -0.1) is 0 Å². The topological polar surface area (TPSA) is 66.6 Å². The van der Waals surface area contributed by atoms with Crippen LogP contribution in [0.4, 0.5) is 0 Å². The molecule has 6 heteroatoms. The number of rotatable bonds is 3. The Morgan fingerprint density at radius 2 is 2.12 bits per heavy atom. The van der Waals surface area contributed by atoms with Crippen LogP contribution >= 0.6 is 22.6 Å². The SMILES string of the molecule is Cc1ccc(-c2oncc2C(=O)N2CCC[C@@H](C(C)(C)O)C2I)c(C)c1. The Kier molecular flexibility index (Phi) is 5.44. The fourth-order valence-electron chi connectivity index (χ4n) is 3.67. The fourth-order valence-corrected chi connectivity index (χ4v) is 5.44. The monoisotopic (exact) mass is 468 g/mol. The molecule has 0 spiro atoms. The molecule has 140 valence electrons. The van der Waals surface area contributed by atoms with E-state index in [1.807, 2.05) is 44.7 Å². The molecule has 2 aromatic rings. The molecule has 0 saturated carbocycles. The first kappa shape index (κ1) is 19.4. The number of halogens is 1. The van der Waals surface area contributed by atoms with Crippen LogP contribution in [-0.2, 0) is 0 Å². The molecule has 1 unspecified atom stereocenters. The van der Waals surface area contributed by atoms with E-state index in [0.29, 0.717) is 17.9 Å². The number of aromatic nitrogens is 1. The lowest BCUT2D eigenvalue weighted by atomic mass is 9.84. The minimum atomic E-state index is -0.824. The van der Waals surface area contributed by atoms with Crippen molar-refractivity contribution in [2.45, 2.75) is 50.2 Å². The molecule has 1 aromatic carbocycles. The van der Waals surface area contributed by atoms with E-state index < -0.39 is 5.60 Å². The minimum Gasteiger partial charge on any atom is -0.390 e. The van der Waals surface area contributed by atoms with Crippen LogP contribution in [0.1, 0.15) is 48.2 Å². The van der Waals surface area contributed by atoms with Gasteiger partial charge in [0.25, 0.3) is 5.91 Å². The number of benzene rings is 1. The van der Waals surface area contributed by atoms with Crippen LogP contribution in [0.2, 0.25) is 0 Å². The summed E-state index contributed by atoms with van der Waals surface area (Å²) in [6.45, 7) is 8.35. The van der Waals surface area contributed by atoms with Crippen LogP contribution in [0.25, 0.3) is 11.3 Å². The van der Waals surface area contributed by atoms with E-state index in [2.05, 4.69) is 33.8 Å². The van der Waals surface area contributed by atoms with Crippen molar-refractivity contribution < 1.29 is 14.4 Å². The second-order valence-electron chi connectivity index (χ2n) is 7.66. The van der Waals surface area contributed by atoms with Crippen molar-refractivity contribution >= 4 is 28.5 Å². The summed E-state index contributed by atoms with van der Waals surface area (Å²) in [6.07, 6.45) is 3.30. The molecule has 1 amide bonds. The molecule has 1 aliphatic rings. The Bertz CT molecular complexity index is 810. The first-order valence-corrected chi connectivity index (χ1v) is 10.1. The predicted molar refractivity (Wildman–Crippen MR) is 109 cm³/mol. The minimum absolute atomic E-state index is 0.0326. The molecule has 1 N–H and O–H groups in total. The number of amides is 1. The number of aryl methyl sites for hydroxylation is 2. The first-order chi connectivity index (χ1) is 12.2. The quantitative estimate of drug-likeness (QED) is 0.414. The van der Waals surface area contributed by atoms with Crippen molar-refractivity contribution in [3.63, 3.8) is 0 Å². The van der Waals surface area contributed by atoms with E-state index in [1.54, 1.807) is 0 Å². The summed E-state index contributed by atoms with van der Waals surface area (Å²) < 4.78 is 5.39. The van der Waals surface area contributed by atoms with Gasteiger partial charge < -0.3 is 14.5 Å². The molecular formula is C20H25IN2O3. The van der Waals surface area contributed by atoms with Gasteiger partial charge in [0.05, 0.1) is 15.8 Å². The van der Waals surface area contributed by atoms with Crippen LogP contribution in [0.3, 0.4) is 0 Å². The molecule has 0 radical (unpaired) electrons. The standard InChI is InChI=1S/C20H25IN2O3/c1-12-7-8-14(13(2)10-12)17-15(11-22-26-17)19(24)23-9-5-6-16(18(23)21)20(3,4)25/h7-8,10-11,16,18,25H,5-6,9H2,1-4H3/t16-,18?/m1/s1. The summed E-state index contributed by atoms with van der Waals surface area (Å²) in [7, 11) is 0. The zero-order chi connectivity index (χ0) is 19.1. The van der Waals surface area contributed by atoms with E-state index in [4.69, 9.17) is 4.52 Å². The summed E-state index contributed by atoms with van der Waals surface area (Å²) in [4.78, 5) is 15.1. The molecule has 1 aromatic heterocycles. The number of hydrogen-bond acceptors (Lipinski definition) is 4. The largest absolute Gasteiger partial charge is 0.390 e. The van der Waals surface area contributed by atoms with Crippen molar-refractivity contribution in [1.82, 2.24) is 10.1 Å². The average molecular weight is 468 g/mol. The zero-order valence-corrected chi connectivity index (χ0v) is 17.8. The van der Waals surface area contributed by atoms with Crippen LogP contribution < -0.4 is 0 Å². The van der Waals surface area contributed by atoms with Gasteiger partial charge in [-0.2, -0.15) is 0 Å². The Labute approximate surface area is 167 Å². The highest BCUT2D eigenvalue weighted by Gasteiger charge is 2.41. The fraction of sp³-hybridized carbons (Fsp3) is 0.500. The summed E-state index contributed by atoms with van der Waals surface area (Å²) in [5.74, 6) is 0.460. The van der Waals surface area contributed by atoms with Gasteiger partial charge in [-0.3, -0.25) is 4.79 Å². The van der Waals surface area contributed by atoms with Crippen molar-refractivity contribution in [2.24, 2.45) is 5.92 Å². The highest BCUT2D eigenvalue weighted by Crippen LogP contribution is 2.37. The van der Waals surface area contributed by atoms with Crippen molar-refractivity contribution in [2.75, 3.05) is 6.54 Å². The number of nitrogens with zero attached hydrogens (tertiary/aromatic N) is 2. The molecule has 0 bridgehead atoms. The van der Waals surface area contributed by atoms with E-state index in [0.717, 1.165) is 29.5 Å². The average Bonchev–Trinajstić information content (AvgIpc) is 3.02. The lowest BCUT2D eigenvalue weighted by molar-refractivity contribution is -0.0191. The number of carbonyl (C=O) groups excluding carboxylic acids is 1. The number of likely N-dealkylation sites (tertiary alicyclic amines) is 1. The maximum Gasteiger partial charge on any atom is 0.260 e. The zero-order valence-electron chi connectivity index (χ0n) is 15.6. The van der Waals surface area contributed by atoms with Gasteiger partial charge in [-0.25, -0.2) is 0 Å². The van der Waals surface area contributed by atoms with E-state index in [9.17, 15) is 9.90 Å². The molecular weight excluding hydrogens is 443 g/mol. The van der Waals surface area contributed by atoms with E-state index >= 15 is 0 Å². The number of piperidine rings is 1. The number of hydrogen-bond donors (Lipinski definition) is 1. The van der Waals surface area contributed by atoms with Gasteiger partial charge in [0.1, 0.15) is 5.56 Å². The Balaban J connectivity index is 1.93. The highest BCUT2D eigenvalue weighted by atomic mass is 127. The van der Waals surface area contributed by atoms with Crippen LogP contribution in [0.15, 0.2) is 28.9 Å². The highest BCUT2D eigenvalue weighted by molar-refractivity contribution is 14.1. The number of carbonyl (C=O) groups is 1. The third kappa shape index (κ3) is 3.67. The normalized spacial score (nSPS) is 21.1. The predicted octanol–water partition coefficient (Wildman–Crippen LogP) is 4.34. The van der Waals surface area contributed by atoms with Crippen LogP contribution in [0.5, 0.6) is 0 Å². The molecule has 26 heavy (non-hydrogen) atoms. The van der Waals surface area contributed by atoms with Crippen LogP contribution in [-0.4, -0.2) is 37.3 Å². The van der Waals surface area contributed by atoms with Crippen LogP contribution in [0, 0.1) is 19.8 Å². The summed E-state index contributed by atoms with van der Waals surface area (Å²) >= 11 is 2.28. The smallest absolute Gasteiger partial charge is 0.260 e. The van der Waals surface area contributed by atoms with Gasteiger partial charge in [-0.05, 0) is 46.1 Å². The van der Waals surface area contributed by atoms with Crippen molar-refractivity contribution in [1.29, 1.82) is 0 Å². The molecule has 1 saturated heterocycles. The van der Waals surface area contributed by atoms with Gasteiger partial charge >= 0.3 is 0 Å². The lowest BCUT2D eigenvalue weighted by Crippen LogP contribution is -2.51. The molecule has 1 aliphatic heterocycles. The molecule has 0 aliphatic carbocycles. The van der Waals surface area contributed by atoms with Gasteiger partial charge in [0, 0.05) is 18.0 Å². The van der Waals surface area contributed by atoms with Crippen molar-refractivity contribution in [3.05, 3.63) is 41.1 Å². The first-order valence-electron chi connectivity index (χ1n) is 8.90. The summed E-state index contributed by atoms with van der Waals surface area (Å²) in [5.41, 5.74) is 2.76. The maximum absolute atomic E-state index is 13.3. The van der Waals surface area contributed by atoms with Gasteiger partial charge in [0.2, 0.25) is 0 Å². The van der Waals surface area contributed by atoms with Gasteiger partial charge in [0.15, 0.2) is 5.76 Å². The third-order valence-electron chi connectivity index (χ3n) is 5.14. The number of aliphatic hydroxyl groups is 1. The summed E-state index contributed by atoms with van der Waals surface area (Å²) in [6, 6.07) is 6.04. The van der Waals surface area contributed by atoms with E-state index in [1.165, 1.54) is 6.20 Å². The van der Waals surface area contributed by atoms with Crippen molar-refractivity contribution in [3.8, 4) is 11.3 Å². The molecule has 2 atom stereocenters. The Morgan fingerprint density at radius 3 is 2.77 bits per heavy atom. The van der Waals surface area contributed by atoms with Gasteiger partial charge in [-0.1, -0.05) is 51.5 Å². The number of alkyl halides is 1. The van der Waals surface area contributed by atoms with E-state index in [-0.39, 0.29) is 15.9 Å². The maximum atomic E-state index is 13.3. The Hall–Kier alpha value is -1.41. The second kappa shape index (κ2) is 7.31. The molecule has 1 fully saturated rings. The Morgan fingerprint density at radius 1 is 1.38 bits per heavy atom. The lowest BCUT2D eigenvalue weighted by Gasteiger charge is -2.43. The second-order valence-corrected chi connectivity index (χ2v) is 8.94. The third-order valence-corrected chi connectivity index (χ3v) is 6.68. The summed E-state index contributed by atoms with van der Waals surface area (Å²) in [5, 5.41) is 14.4. The molecule has 5 nitrogen and oxygen atoms in total.